The van der Waals surface area contributed by atoms with Gasteiger partial charge in [-0.05, 0) is 59.7 Å². The SMILES string of the molecule is COc1ccc(-c2ccc(CNC(N)=NCc3ccc(OC)c(OC)c3)s2)cc1.I. The maximum atomic E-state index is 6.02. The van der Waals surface area contributed by atoms with Gasteiger partial charge in [-0.3, -0.25) is 0 Å². The van der Waals surface area contributed by atoms with Crippen molar-refractivity contribution in [2.45, 2.75) is 13.1 Å². The number of guanidine groups is 1. The van der Waals surface area contributed by atoms with E-state index in [-0.39, 0.29) is 24.0 Å². The van der Waals surface area contributed by atoms with E-state index in [0.717, 1.165) is 16.9 Å². The summed E-state index contributed by atoms with van der Waals surface area (Å²) in [4.78, 5) is 6.78. The fourth-order valence-corrected chi connectivity index (χ4v) is 3.73. The molecule has 3 aromatic rings. The first kappa shape index (κ1) is 23.8. The van der Waals surface area contributed by atoms with E-state index in [1.165, 1.54) is 9.75 Å². The molecule has 0 fully saturated rings. The molecule has 8 heteroatoms. The van der Waals surface area contributed by atoms with Crippen LogP contribution >= 0.6 is 35.3 Å². The van der Waals surface area contributed by atoms with Crippen molar-refractivity contribution in [3.05, 3.63) is 65.0 Å². The van der Waals surface area contributed by atoms with E-state index in [9.17, 15) is 0 Å². The minimum atomic E-state index is 0. The van der Waals surface area contributed by atoms with Gasteiger partial charge in [-0.15, -0.1) is 35.3 Å². The molecule has 3 N–H and O–H groups in total. The van der Waals surface area contributed by atoms with Crippen molar-refractivity contribution in [3.8, 4) is 27.7 Å². The summed E-state index contributed by atoms with van der Waals surface area (Å²) in [6.45, 7) is 1.09. The number of methoxy groups -OCH3 is 3. The molecular formula is C22H26IN3O3S. The second-order valence-electron chi connectivity index (χ2n) is 6.24. The molecule has 0 unspecified atom stereocenters. The predicted octanol–water partition coefficient (Wildman–Crippen LogP) is 4.66. The number of ether oxygens (including phenoxy) is 3. The van der Waals surface area contributed by atoms with Crippen LogP contribution in [0.4, 0.5) is 0 Å². The Labute approximate surface area is 198 Å². The van der Waals surface area contributed by atoms with Crippen molar-refractivity contribution in [2.24, 2.45) is 10.7 Å². The number of hydrogen-bond acceptors (Lipinski definition) is 5. The summed E-state index contributed by atoms with van der Waals surface area (Å²) in [5, 5.41) is 3.17. The highest BCUT2D eigenvalue weighted by Crippen LogP contribution is 2.29. The smallest absolute Gasteiger partial charge is 0.189 e. The van der Waals surface area contributed by atoms with Crippen LogP contribution < -0.4 is 25.3 Å². The average Bonchev–Trinajstić information content (AvgIpc) is 3.25. The number of benzene rings is 2. The molecule has 0 aliphatic carbocycles. The lowest BCUT2D eigenvalue weighted by atomic mass is 10.2. The van der Waals surface area contributed by atoms with E-state index >= 15 is 0 Å². The lowest BCUT2D eigenvalue weighted by Gasteiger charge is -2.09. The third-order valence-corrected chi connectivity index (χ3v) is 5.49. The summed E-state index contributed by atoms with van der Waals surface area (Å²) in [7, 11) is 4.89. The van der Waals surface area contributed by atoms with Gasteiger partial charge in [-0.2, -0.15) is 0 Å². The zero-order valence-electron chi connectivity index (χ0n) is 17.2. The molecule has 2 aromatic carbocycles. The Morgan fingerprint density at radius 2 is 1.67 bits per heavy atom. The Morgan fingerprint density at radius 1 is 0.933 bits per heavy atom. The number of rotatable bonds is 8. The topological polar surface area (TPSA) is 78.1 Å². The number of thiophene rings is 1. The summed E-state index contributed by atoms with van der Waals surface area (Å²) < 4.78 is 15.8. The highest BCUT2D eigenvalue weighted by molar-refractivity contribution is 14.0. The molecule has 0 radical (unpaired) electrons. The summed E-state index contributed by atoms with van der Waals surface area (Å²) >= 11 is 1.72. The minimum absolute atomic E-state index is 0. The molecule has 160 valence electrons. The third kappa shape index (κ3) is 6.27. The van der Waals surface area contributed by atoms with Gasteiger partial charge in [0, 0.05) is 9.75 Å². The third-order valence-electron chi connectivity index (χ3n) is 4.36. The van der Waals surface area contributed by atoms with Gasteiger partial charge in [0.05, 0.1) is 34.4 Å². The van der Waals surface area contributed by atoms with E-state index in [1.807, 2.05) is 30.3 Å². The molecule has 0 saturated heterocycles. The molecule has 0 aliphatic heterocycles. The first-order valence-corrected chi connectivity index (χ1v) is 9.92. The van der Waals surface area contributed by atoms with Gasteiger partial charge in [0.25, 0.3) is 0 Å². The fourth-order valence-electron chi connectivity index (χ4n) is 2.77. The van der Waals surface area contributed by atoms with Crippen molar-refractivity contribution in [1.82, 2.24) is 5.32 Å². The molecule has 1 aromatic heterocycles. The summed E-state index contributed by atoms with van der Waals surface area (Å²) in [6.07, 6.45) is 0. The van der Waals surface area contributed by atoms with Crippen LogP contribution in [0.2, 0.25) is 0 Å². The maximum Gasteiger partial charge on any atom is 0.189 e. The van der Waals surface area contributed by atoms with E-state index in [0.29, 0.717) is 30.5 Å². The quantitative estimate of drug-likeness (QED) is 0.247. The molecule has 0 atom stereocenters. The summed E-state index contributed by atoms with van der Waals surface area (Å²) in [5.74, 6) is 2.62. The number of halogens is 1. The van der Waals surface area contributed by atoms with Gasteiger partial charge in [0.15, 0.2) is 17.5 Å². The lowest BCUT2D eigenvalue weighted by Crippen LogP contribution is -2.30. The van der Waals surface area contributed by atoms with Crippen LogP contribution in [-0.4, -0.2) is 27.3 Å². The van der Waals surface area contributed by atoms with Gasteiger partial charge < -0.3 is 25.3 Å². The number of hydrogen-bond donors (Lipinski definition) is 2. The molecule has 0 bridgehead atoms. The Morgan fingerprint density at radius 3 is 2.33 bits per heavy atom. The van der Waals surface area contributed by atoms with Crippen molar-refractivity contribution in [2.75, 3.05) is 21.3 Å². The van der Waals surface area contributed by atoms with Crippen LogP contribution in [0, 0.1) is 0 Å². The molecule has 1 heterocycles. The normalized spacial score (nSPS) is 10.8. The van der Waals surface area contributed by atoms with Crippen LogP contribution in [-0.2, 0) is 13.1 Å². The van der Waals surface area contributed by atoms with Gasteiger partial charge in [0.2, 0.25) is 0 Å². The minimum Gasteiger partial charge on any atom is -0.497 e. The van der Waals surface area contributed by atoms with E-state index in [4.69, 9.17) is 19.9 Å². The zero-order valence-corrected chi connectivity index (χ0v) is 20.3. The van der Waals surface area contributed by atoms with Gasteiger partial charge in [-0.25, -0.2) is 4.99 Å². The van der Waals surface area contributed by atoms with Crippen LogP contribution in [0.15, 0.2) is 59.6 Å². The largest absolute Gasteiger partial charge is 0.497 e. The van der Waals surface area contributed by atoms with Gasteiger partial charge in [-0.1, -0.05) is 6.07 Å². The van der Waals surface area contributed by atoms with E-state index in [2.05, 4.69) is 34.6 Å². The first-order valence-electron chi connectivity index (χ1n) is 9.10. The Hall–Kier alpha value is -2.46. The van der Waals surface area contributed by atoms with Crippen LogP contribution in [0.1, 0.15) is 10.4 Å². The standard InChI is InChI=1S/C22H25N3O3S.HI/c1-26-17-7-5-16(6-8-17)21-11-9-18(29-21)14-25-22(23)24-13-15-4-10-19(27-2)20(12-15)28-3;/h4-12H,13-14H2,1-3H3,(H3,23,24,25);1H. The van der Waals surface area contributed by atoms with Crippen LogP contribution in [0.25, 0.3) is 10.4 Å². The predicted molar refractivity (Wildman–Crippen MR) is 133 cm³/mol. The summed E-state index contributed by atoms with van der Waals surface area (Å²) in [6, 6.07) is 18.0. The maximum absolute atomic E-state index is 6.02. The second kappa shape index (κ2) is 11.7. The number of nitrogens with zero attached hydrogens (tertiary/aromatic N) is 1. The van der Waals surface area contributed by atoms with Crippen LogP contribution in [0.5, 0.6) is 17.2 Å². The van der Waals surface area contributed by atoms with E-state index < -0.39 is 0 Å². The average molecular weight is 539 g/mol. The monoisotopic (exact) mass is 539 g/mol. The highest BCUT2D eigenvalue weighted by atomic mass is 127. The number of nitrogens with one attached hydrogen (secondary N) is 1. The Kier molecular flexibility index (Phi) is 9.25. The van der Waals surface area contributed by atoms with Crippen molar-refractivity contribution >= 4 is 41.3 Å². The molecule has 6 nitrogen and oxygen atoms in total. The molecule has 0 amide bonds. The van der Waals surface area contributed by atoms with Gasteiger partial charge in [0.1, 0.15) is 5.75 Å². The Bertz CT molecular complexity index is 974. The molecule has 0 saturated carbocycles. The number of aliphatic imine (C=N–C) groups is 1. The fraction of sp³-hybridized carbons (Fsp3) is 0.227. The molecule has 3 rings (SSSR count). The van der Waals surface area contributed by atoms with Crippen molar-refractivity contribution in [1.29, 1.82) is 0 Å². The van der Waals surface area contributed by atoms with E-state index in [1.54, 1.807) is 32.7 Å². The van der Waals surface area contributed by atoms with Crippen molar-refractivity contribution in [3.63, 3.8) is 0 Å². The lowest BCUT2D eigenvalue weighted by molar-refractivity contribution is 0.354. The molecule has 30 heavy (non-hydrogen) atoms. The molecule has 0 spiro atoms. The second-order valence-corrected chi connectivity index (χ2v) is 7.41. The highest BCUT2D eigenvalue weighted by Gasteiger charge is 2.06. The Balaban J connectivity index is 0.00000320. The summed E-state index contributed by atoms with van der Waals surface area (Å²) in [5.41, 5.74) is 8.17. The van der Waals surface area contributed by atoms with Crippen LogP contribution in [0.3, 0.4) is 0 Å². The van der Waals surface area contributed by atoms with Crippen molar-refractivity contribution < 1.29 is 14.2 Å². The molecular weight excluding hydrogens is 513 g/mol. The first-order chi connectivity index (χ1) is 14.1. The molecule has 0 aliphatic rings. The van der Waals surface area contributed by atoms with Gasteiger partial charge >= 0.3 is 0 Å². The zero-order chi connectivity index (χ0) is 20.6. The number of nitrogens with two attached hydrogens (primary N) is 1.